The average Bonchev–Trinajstić information content (AvgIpc) is 2.40. The van der Waals surface area contributed by atoms with Crippen molar-refractivity contribution in [2.75, 3.05) is 7.05 Å². The molecule has 1 aromatic carbocycles. The molecule has 1 fully saturated rings. The smallest absolute Gasteiger partial charge is 0.0139 e. The summed E-state index contributed by atoms with van der Waals surface area (Å²) >= 11 is 0. The van der Waals surface area contributed by atoms with Crippen LogP contribution in [0.5, 0.6) is 0 Å². The Bertz CT molecular complexity index is 392. The molecule has 0 aromatic heterocycles. The van der Waals surface area contributed by atoms with Gasteiger partial charge >= 0.3 is 0 Å². The van der Waals surface area contributed by atoms with E-state index in [2.05, 4.69) is 36.6 Å². The van der Waals surface area contributed by atoms with Crippen molar-refractivity contribution in [1.29, 1.82) is 0 Å². The van der Waals surface area contributed by atoms with Gasteiger partial charge < -0.3 is 5.32 Å². The maximum absolute atomic E-state index is 3.59. The summed E-state index contributed by atoms with van der Waals surface area (Å²) < 4.78 is 0. The lowest BCUT2D eigenvalue weighted by molar-refractivity contribution is 0.276. The summed E-state index contributed by atoms with van der Waals surface area (Å²) in [5.41, 5.74) is 3.18. The minimum atomic E-state index is 0.697. The largest absolute Gasteiger partial charge is 0.316 e. The van der Waals surface area contributed by atoms with E-state index >= 15 is 0 Å². The van der Waals surface area contributed by atoms with Crippen LogP contribution in [0.25, 0.3) is 0 Å². The highest BCUT2D eigenvalue weighted by atomic mass is 14.9. The van der Waals surface area contributed by atoms with Crippen LogP contribution in [-0.4, -0.2) is 13.1 Å². The molecule has 18 heavy (non-hydrogen) atoms. The van der Waals surface area contributed by atoms with Gasteiger partial charge in [-0.2, -0.15) is 0 Å². The standard InChI is InChI=1S/C17H25N/c1-18-17(11-13-7-3-2-4-8-13)16-12-14-9-5-6-10-15(14)16/h5-6,9-10,13,16-18H,2-4,7-8,11-12H2,1H3. The van der Waals surface area contributed by atoms with Crippen LogP contribution in [0.3, 0.4) is 0 Å². The molecule has 2 aliphatic rings. The van der Waals surface area contributed by atoms with E-state index in [9.17, 15) is 0 Å². The second-order valence-corrected chi connectivity index (χ2v) is 6.14. The molecule has 1 heteroatoms. The van der Waals surface area contributed by atoms with Gasteiger partial charge in [0.25, 0.3) is 0 Å². The fourth-order valence-electron chi connectivity index (χ4n) is 3.92. The average molecular weight is 243 g/mol. The molecule has 0 radical (unpaired) electrons. The number of likely N-dealkylation sites (N-methyl/N-ethyl adjacent to an activating group) is 1. The molecular formula is C17H25N. The van der Waals surface area contributed by atoms with E-state index in [-0.39, 0.29) is 0 Å². The molecule has 3 rings (SSSR count). The molecule has 0 spiro atoms. The third-order valence-electron chi connectivity index (χ3n) is 5.06. The summed E-state index contributed by atoms with van der Waals surface area (Å²) in [4.78, 5) is 0. The monoisotopic (exact) mass is 243 g/mol. The van der Waals surface area contributed by atoms with Gasteiger partial charge in [0.1, 0.15) is 0 Å². The molecule has 1 aromatic rings. The molecular weight excluding hydrogens is 218 g/mol. The van der Waals surface area contributed by atoms with Crippen LogP contribution in [0.15, 0.2) is 24.3 Å². The Hall–Kier alpha value is -0.820. The molecule has 0 aliphatic heterocycles. The van der Waals surface area contributed by atoms with Crippen molar-refractivity contribution in [3.63, 3.8) is 0 Å². The van der Waals surface area contributed by atoms with Gasteiger partial charge in [-0.3, -0.25) is 0 Å². The van der Waals surface area contributed by atoms with Gasteiger partial charge in [0.2, 0.25) is 0 Å². The van der Waals surface area contributed by atoms with Crippen molar-refractivity contribution in [3.05, 3.63) is 35.4 Å². The molecule has 0 saturated heterocycles. The van der Waals surface area contributed by atoms with Crippen LogP contribution in [0.4, 0.5) is 0 Å². The Morgan fingerprint density at radius 1 is 1.17 bits per heavy atom. The number of rotatable bonds is 4. The van der Waals surface area contributed by atoms with Crippen LogP contribution < -0.4 is 5.32 Å². The predicted octanol–water partition coefficient (Wildman–Crippen LogP) is 3.88. The lowest BCUT2D eigenvalue weighted by Crippen LogP contribution is -2.39. The first-order chi connectivity index (χ1) is 8.88. The Labute approximate surface area is 111 Å². The van der Waals surface area contributed by atoms with Gasteiger partial charge in [0.05, 0.1) is 0 Å². The van der Waals surface area contributed by atoms with E-state index in [1.807, 2.05) is 0 Å². The van der Waals surface area contributed by atoms with Gasteiger partial charge in [-0.25, -0.2) is 0 Å². The van der Waals surface area contributed by atoms with Crippen LogP contribution in [-0.2, 0) is 6.42 Å². The first-order valence-corrected chi connectivity index (χ1v) is 7.63. The predicted molar refractivity (Wildman–Crippen MR) is 76.9 cm³/mol. The maximum Gasteiger partial charge on any atom is 0.0139 e. The lowest BCUT2D eigenvalue weighted by Gasteiger charge is -2.38. The van der Waals surface area contributed by atoms with E-state index < -0.39 is 0 Å². The minimum absolute atomic E-state index is 0.697. The summed E-state index contributed by atoms with van der Waals surface area (Å²) in [7, 11) is 2.15. The van der Waals surface area contributed by atoms with Crippen LogP contribution >= 0.6 is 0 Å². The minimum Gasteiger partial charge on any atom is -0.316 e. The van der Waals surface area contributed by atoms with Crippen molar-refractivity contribution in [2.24, 2.45) is 5.92 Å². The SMILES string of the molecule is CNC(CC1CCCCC1)C1Cc2ccccc21. The molecule has 1 nitrogen and oxygen atoms in total. The second-order valence-electron chi connectivity index (χ2n) is 6.14. The van der Waals surface area contributed by atoms with Crippen LogP contribution in [0, 0.1) is 5.92 Å². The number of hydrogen-bond acceptors (Lipinski definition) is 1. The molecule has 2 unspecified atom stereocenters. The van der Waals surface area contributed by atoms with E-state index in [4.69, 9.17) is 0 Å². The molecule has 0 bridgehead atoms. The Morgan fingerprint density at radius 3 is 2.67 bits per heavy atom. The summed E-state index contributed by atoms with van der Waals surface area (Å²) in [6, 6.07) is 9.68. The van der Waals surface area contributed by atoms with Crippen molar-refractivity contribution in [2.45, 2.75) is 56.9 Å². The van der Waals surface area contributed by atoms with Gasteiger partial charge in [0, 0.05) is 12.0 Å². The fourth-order valence-corrected chi connectivity index (χ4v) is 3.92. The van der Waals surface area contributed by atoms with Crippen molar-refractivity contribution >= 4 is 0 Å². The zero-order valence-electron chi connectivity index (χ0n) is 11.5. The van der Waals surface area contributed by atoms with E-state index in [0.717, 1.165) is 11.8 Å². The number of fused-ring (bicyclic) bond motifs is 1. The van der Waals surface area contributed by atoms with E-state index in [0.29, 0.717) is 6.04 Å². The highest BCUT2D eigenvalue weighted by molar-refractivity contribution is 5.41. The third-order valence-corrected chi connectivity index (χ3v) is 5.06. The maximum atomic E-state index is 3.59. The van der Waals surface area contributed by atoms with Gasteiger partial charge in [0.15, 0.2) is 0 Å². The highest BCUT2D eigenvalue weighted by Gasteiger charge is 2.33. The Morgan fingerprint density at radius 2 is 1.94 bits per heavy atom. The molecule has 98 valence electrons. The Kier molecular flexibility index (Phi) is 3.69. The lowest BCUT2D eigenvalue weighted by atomic mass is 9.70. The molecule has 2 aliphatic carbocycles. The normalized spacial score (nSPS) is 25.3. The van der Waals surface area contributed by atoms with Gasteiger partial charge in [-0.1, -0.05) is 56.4 Å². The summed E-state index contributed by atoms with van der Waals surface area (Å²) in [5, 5.41) is 3.59. The zero-order chi connectivity index (χ0) is 12.4. The molecule has 0 heterocycles. The summed E-state index contributed by atoms with van der Waals surface area (Å²) in [6.07, 6.45) is 9.99. The number of hydrogen-bond donors (Lipinski definition) is 1. The van der Waals surface area contributed by atoms with Crippen molar-refractivity contribution < 1.29 is 0 Å². The first-order valence-electron chi connectivity index (χ1n) is 7.63. The number of nitrogens with one attached hydrogen (secondary N) is 1. The Balaban J connectivity index is 1.63. The van der Waals surface area contributed by atoms with Crippen LogP contribution in [0.1, 0.15) is 55.6 Å². The summed E-state index contributed by atoms with van der Waals surface area (Å²) in [5.74, 6) is 1.75. The van der Waals surface area contributed by atoms with Gasteiger partial charge in [-0.15, -0.1) is 0 Å². The van der Waals surface area contributed by atoms with E-state index in [1.165, 1.54) is 44.9 Å². The molecule has 0 amide bonds. The zero-order valence-corrected chi connectivity index (χ0v) is 11.5. The topological polar surface area (TPSA) is 12.0 Å². The van der Waals surface area contributed by atoms with Crippen LogP contribution in [0.2, 0.25) is 0 Å². The molecule has 1 saturated carbocycles. The molecule has 2 atom stereocenters. The van der Waals surface area contributed by atoms with E-state index in [1.54, 1.807) is 11.1 Å². The highest BCUT2D eigenvalue weighted by Crippen LogP contribution is 2.40. The first kappa shape index (κ1) is 12.2. The quantitative estimate of drug-likeness (QED) is 0.846. The number of benzene rings is 1. The van der Waals surface area contributed by atoms with Crippen molar-refractivity contribution in [1.82, 2.24) is 5.32 Å². The van der Waals surface area contributed by atoms with Crippen molar-refractivity contribution in [3.8, 4) is 0 Å². The third kappa shape index (κ3) is 2.33. The molecule has 1 N–H and O–H groups in total. The fraction of sp³-hybridized carbons (Fsp3) is 0.647. The van der Waals surface area contributed by atoms with Gasteiger partial charge in [-0.05, 0) is 36.9 Å². The summed E-state index contributed by atoms with van der Waals surface area (Å²) in [6.45, 7) is 0. The second kappa shape index (κ2) is 5.44.